The van der Waals surface area contributed by atoms with Crippen LogP contribution in [0.25, 0.3) is 0 Å². The van der Waals surface area contributed by atoms with Crippen molar-refractivity contribution >= 4 is 15.8 Å². The van der Waals surface area contributed by atoms with Crippen LogP contribution in [0, 0.1) is 27.4 Å². The molecule has 0 N–H and O–H groups in total. The number of benzene rings is 1. The third-order valence-corrected chi connectivity index (χ3v) is 4.18. The maximum absolute atomic E-state index is 10.6. The molecule has 0 saturated heterocycles. The molecule has 0 saturated carbocycles. The molecule has 1 heterocycles. The number of anilines is 1. The molecular formula is C15H20AgClN2NaO3S. The molecule has 2 rings (SSSR count). The Hall–Kier alpha value is 0.500. The first-order chi connectivity index (χ1) is 9.76. The number of aryl methyl sites for hydroxylation is 3. The van der Waals surface area contributed by atoms with Crippen molar-refractivity contribution in [1.82, 2.24) is 4.90 Å². The zero-order chi connectivity index (χ0) is 15.6. The van der Waals surface area contributed by atoms with Gasteiger partial charge < -0.3 is 26.8 Å². The SMILES string of the molecule is Cc1cc(C)c(N2[CH]N(CCCS(=O)(=O)[O-])C=C2)c(C)c1.[Ag+].[Cl-].[Na+]. The number of halogens is 1. The molecule has 1 aliphatic heterocycles. The van der Waals surface area contributed by atoms with Gasteiger partial charge in [-0.3, -0.25) is 0 Å². The molecule has 0 aliphatic carbocycles. The summed E-state index contributed by atoms with van der Waals surface area (Å²) in [5.41, 5.74) is 4.75. The van der Waals surface area contributed by atoms with E-state index in [1.807, 2.05) is 28.9 Å². The second-order valence-corrected chi connectivity index (χ2v) is 6.94. The monoisotopic (exact) mass is 473 g/mol. The van der Waals surface area contributed by atoms with Gasteiger partial charge in [-0.25, -0.2) is 8.42 Å². The van der Waals surface area contributed by atoms with Gasteiger partial charge in [-0.1, -0.05) is 17.7 Å². The summed E-state index contributed by atoms with van der Waals surface area (Å²) >= 11 is 0. The summed E-state index contributed by atoms with van der Waals surface area (Å²) in [4.78, 5) is 3.92. The van der Waals surface area contributed by atoms with Crippen LogP contribution in [-0.4, -0.2) is 30.2 Å². The van der Waals surface area contributed by atoms with E-state index in [2.05, 4.69) is 32.9 Å². The Kier molecular flexibility index (Phi) is 12.5. The largest absolute Gasteiger partial charge is 1.00 e. The van der Waals surface area contributed by atoms with Crippen molar-refractivity contribution in [2.75, 3.05) is 17.2 Å². The third-order valence-electron chi connectivity index (χ3n) is 3.40. The van der Waals surface area contributed by atoms with E-state index in [9.17, 15) is 13.0 Å². The van der Waals surface area contributed by atoms with E-state index in [0.29, 0.717) is 13.0 Å². The van der Waals surface area contributed by atoms with E-state index in [0.717, 1.165) is 5.69 Å². The van der Waals surface area contributed by atoms with Crippen LogP contribution in [0.15, 0.2) is 24.5 Å². The molecule has 24 heavy (non-hydrogen) atoms. The third kappa shape index (κ3) is 7.81. The van der Waals surface area contributed by atoms with Crippen LogP contribution in [-0.2, 0) is 32.5 Å². The van der Waals surface area contributed by atoms with E-state index in [4.69, 9.17) is 0 Å². The van der Waals surface area contributed by atoms with Crippen molar-refractivity contribution in [2.45, 2.75) is 27.2 Å². The standard InChI is InChI=1S/C15H21N2O3S.Ag.ClH.Na/c1-12-9-13(2)15(14(3)10-12)17-7-6-16(11-17)5-4-8-21(18,19)20;;;/h6-7,9-11H,4-5,8H2,1-3H3,(H,18,19,20);;1H;/q;+1;;+1/p-2. The van der Waals surface area contributed by atoms with Crippen LogP contribution in [0.5, 0.6) is 0 Å². The van der Waals surface area contributed by atoms with E-state index < -0.39 is 10.1 Å². The Labute approximate surface area is 188 Å². The molecule has 0 amide bonds. The Morgan fingerprint density at radius 2 is 1.62 bits per heavy atom. The summed E-state index contributed by atoms with van der Waals surface area (Å²) in [5, 5.41) is 0. The van der Waals surface area contributed by atoms with Gasteiger partial charge in [0.15, 0.2) is 0 Å². The molecule has 1 aliphatic rings. The van der Waals surface area contributed by atoms with Crippen LogP contribution in [0.3, 0.4) is 0 Å². The maximum Gasteiger partial charge on any atom is 1.00 e. The molecule has 0 spiro atoms. The van der Waals surface area contributed by atoms with Gasteiger partial charge >= 0.3 is 51.9 Å². The number of nitrogens with zero attached hydrogens (tertiary/aromatic N) is 2. The predicted molar refractivity (Wildman–Crippen MR) is 82.5 cm³/mol. The molecule has 0 fully saturated rings. The molecule has 0 bridgehead atoms. The van der Waals surface area contributed by atoms with Crippen LogP contribution >= 0.6 is 0 Å². The first kappa shape index (κ1) is 26.7. The smallest absolute Gasteiger partial charge is 1.00 e. The van der Waals surface area contributed by atoms with Crippen LogP contribution in [0.4, 0.5) is 5.69 Å². The first-order valence-electron chi connectivity index (χ1n) is 6.85. The van der Waals surface area contributed by atoms with Crippen molar-refractivity contribution in [3.8, 4) is 0 Å². The van der Waals surface area contributed by atoms with Gasteiger partial charge in [0, 0.05) is 30.4 Å². The fourth-order valence-electron chi connectivity index (χ4n) is 2.66. The zero-order valence-electron chi connectivity index (χ0n) is 14.2. The Balaban J connectivity index is 0. The van der Waals surface area contributed by atoms with E-state index in [-0.39, 0.29) is 70.1 Å². The summed E-state index contributed by atoms with van der Waals surface area (Å²) in [5.74, 6) is -0.326. The summed E-state index contributed by atoms with van der Waals surface area (Å²) in [6.45, 7) is 8.65. The van der Waals surface area contributed by atoms with Gasteiger partial charge in [0.1, 0.15) is 6.67 Å². The van der Waals surface area contributed by atoms with Gasteiger partial charge in [-0.15, -0.1) is 0 Å². The Bertz CT molecular complexity index is 648. The number of hydrogen-bond acceptors (Lipinski definition) is 5. The Morgan fingerprint density at radius 3 is 2.12 bits per heavy atom. The van der Waals surface area contributed by atoms with Gasteiger partial charge in [0.25, 0.3) is 0 Å². The van der Waals surface area contributed by atoms with Gasteiger partial charge in [-0.05, 0) is 38.3 Å². The van der Waals surface area contributed by atoms with Gasteiger partial charge in [0.2, 0.25) is 0 Å². The van der Waals surface area contributed by atoms with E-state index in [1.165, 1.54) is 16.7 Å². The second kappa shape index (κ2) is 11.3. The minimum absolute atomic E-state index is 0. The normalized spacial score (nSPS) is 13.2. The fraction of sp³-hybridized carbons (Fsp3) is 0.400. The predicted octanol–water partition coefficient (Wildman–Crippen LogP) is -3.73. The van der Waals surface area contributed by atoms with Crippen molar-refractivity contribution in [1.29, 1.82) is 0 Å². The summed E-state index contributed by atoms with van der Waals surface area (Å²) in [6, 6.07) is 4.27. The minimum atomic E-state index is -4.13. The van der Waals surface area contributed by atoms with Crippen molar-refractivity contribution in [2.24, 2.45) is 0 Å². The molecule has 133 valence electrons. The number of hydrogen-bond donors (Lipinski definition) is 0. The quantitative estimate of drug-likeness (QED) is 0.324. The number of rotatable bonds is 5. The maximum atomic E-state index is 10.6. The topological polar surface area (TPSA) is 63.7 Å². The second-order valence-electron chi connectivity index (χ2n) is 5.42. The van der Waals surface area contributed by atoms with Crippen molar-refractivity contribution in [3.63, 3.8) is 0 Å². The fourth-order valence-corrected chi connectivity index (χ4v) is 3.14. The van der Waals surface area contributed by atoms with Crippen molar-refractivity contribution in [3.05, 3.63) is 47.9 Å². The molecule has 1 radical (unpaired) electrons. The zero-order valence-corrected chi connectivity index (χ0v) is 19.3. The van der Waals surface area contributed by atoms with Crippen LogP contribution in [0.1, 0.15) is 23.1 Å². The van der Waals surface area contributed by atoms with E-state index in [1.54, 1.807) is 0 Å². The van der Waals surface area contributed by atoms with Crippen LogP contribution < -0.4 is 46.9 Å². The summed E-state index contributed by atoms with van der Waals surface area (Å²) in [7, 11) is -4.13. The van der Waals surface area contributed by atoms with Gasteiger partial charge in [0.05, 0.1) is 10.1 Å². The molecule has 0 aromatic heterocycles. The van der Waals surface area contributed by atoms with Crippen LogP contribution in [0.2, 0.25) is 0 Å². The van der Waals surface area contributed by atoms with E-state index >= 15 is 0 Å². The molecule has 1 aromatic rings. The molecule has 0 unspecified atom stereocenters. The first-order valence-corrected chi connectivity index (χ1v) is 8.43. The minimum Gasteiger partial charge on any atom is -1.00 e. The molecule has 9 heteroatoms. The molecule has 5 nitrogen and oxygen atoms in total. The van der Waals surface area contributed by atoms with Gasteiger partial charge in [-0.2, -0.15) is 0 Å². The average molecular weight is 475 g/mol. The summed E-state index contributed by atoms with van der Waals surface area (Å²) < 4.78 is 31.8. The average Bonchev–Trinajstić information content (AvgIpc) is 2.74. The van der Waals surface area contributed by atoms with Crippen molar-refractivity contribution < 1.29 is 77.3 Å². The Morgan fingerprint density at radius 1 is 1.08 bits per heavy atom. The summed E-state index contributed by atoms with van der Waals surface area (Å²) in [6.07, 6.45) is 4.15. The molecule has 1 aromatic carbocycles. The molecular weight excluding hydrogens is 455 g/mol. The molecule has 0 atom stereocenters.